The Kier molecular flexibility index (Phi) is 2.97. The Morgan fingerprint density at radius 2 is 2.25 bits per heavy atom. The van der Waals surface area contributed by atoms with Gasteiger partial charge in [-0.05, 0) is 12.1 Å². The maximum atomic E-state index is 11.7. The van der Waals surface area contributed by atoms with E-state index in [1.54, 1.807) is 24.4 Å². The van der Waals surface area contributed by atoms with Crippen LogP contribution in [-0.4, -0.2) is 23.4 Å². The third-order valence-corrected chi connectivity index (χ3v) is 3.26. The maximum absolute atomic E-state index is 11.7. The van der Waals surface area contributed by atoms with Crippen LogP contribution in [0, 0.1) is 0 Å². The average molecular weight is 238 g/mol. The molecule has 0 aliphatic heterocycles. The Bertz CT molecular complexity index is 536. The van der Waals surface area contributed by atoms with Gasteiger partial charge in [0.15, 0.2) is 5.03 Å². The molecule has 0 amide bonds. The zero-order valence-corrected chi connectivity index (χ0v) is 9.11. The van der Waals surface area contributed by atoms with Crippen LogP contribution in [0.5, 0.6) is 0 Å². The minimum atomic E-state index is -3.52. The minimum absolute atomic E-state index is 0.0448. The Labute approximate surface area is 92.8 Å². The molecule has 0 bridgehead atoms. The zero-order valence-electron chi connectivity index (χ0n) is 8.29. The molecule has 0 aromatic carbocycles. The molecule has 7 heteroatoms. The highest BCUT2D eigenvalue weighted by Gasteiger charge is 2.14. The summed E-state index contributed by atoms with van der Waals surface area (Å²) < 4.78 is 25.7. The smallest absolute Gasteiger partial charge is 0.257 e. The van der Waals surface area contributed by atoms with Gasteiger partial charge in [-0.1, -0.05) is 6.07 Å². The molecule has 2 aromatic heterocycles. The second-order valence-corrected chi connectivity index (χ2v) is 4.80. The van der Waals surface area contributed by atoms with E-state index in [0.29, 0.717) is 5.69 Å². The highest BCUT2D eigenvalue weighted by Crippen LogP contribution is 2.03. The number of rotatable bonds is 4. The Hall–Kier alpha value is -1.73. The van der Waals surface area contributed by atoms with Crippen molar-refractivity contribution >= 4 is 10.0 Å². The van der Waals surface area contributed by atoms with Crippen molar-refractivity contribution in [3.63, 3.8) is 0 Å². The highest BCUT2D eigenvalue weighted by atomic mass is 32.2. The molecule has 0 saturated carbocycles. The molecule has 0 atom stereocenters. The lowest BCUT2D eigenvalue weighted by Crippen LogP contribution is -2.23. The third-order valence-electron chi connectivity index (χ3n) is 1.93. The number of aromatic amines is 1. The number of H-pyrrole nitrogens is 1. The molecule has 84 valence electrons. The Morgan fingerprint density at radius 3 is 2.88 bits per heavy atom. The van der Waals surface area contributed by atoms with Gasteiger partial charge in [0.25, 0.3) is 10.0 Å². The molecular formula is C9H10N4O2S. The summed E-state index contributed by atoms with van der Waals surface area (Å²) >= 11 is 0. The summed E-state index contributed by atoms with van der Waals surface area (Å²) in [5.74, 6) is 0. The van der Waals surface area contributed by atoms with Gasteiger partial charge in [-0.3, -0.25) is 4.98 Å². The predicted molar refractivity (Wildman–Crippen MR) is 56.9 cm³/mol. The van der Waals surface area contributed by atoms with Crippen LogP contribution in [0.15, 0.2) is 41.9 Å². The molecule has 0 aliphatic carbocycles. The second kappa shape index (κ2) is 4.42. The van der Waals surface area contributed by atoms with Crippen molar-refractivity contribution in [2.24, 2.45) is 0 Å². The van der Waals surface area contributed by atoms with Gasteiger partial charge in [-0.15, -0.1) is 0 Å². The first-order chi connectivity index (χ1) is 7.68. The lowest BCUT2D eigenvalue weighted by atomic mass is 10.4. The molecule has 2 aromatic rings. The van der Waals surface area contributed by atoms with E-state index in [4.69, 9.17) is 0 Å². The number of pyridine rings is 1. The maximum Gasteiger partial charge on any atom is 0.257 e. The van der Waals surface area contributed by atoms with Gasteiger partial charge in [0.05, 0.1) is 24.8 Å². The minimum Gasteiger partial charge on any atom is -0.335 e. The lowest BCUT2D eigenvalue weighted by Gasteiger charge is -2.03. The zero-order chi connectivity index (χ0) is 11.4. The van der Waals surface area contributed by atoms with E-state index >= 15 is 0 Å². The van der Waals surface area contributed by atoms with Crippen molar-refractivity contribution in [1.29, 1.82) is 0 Å². The third kappa shape index (κ3) is 2.44. The van der Waals surface area contributed by atoms with E-state index in [-0.39, 0.29) is 11.6 Å². The van der Waals surface area contributed by atoms with Gasteiger partial charge >= 0.3 is 0 Å². The fourth-order valence-electron chi connectivity index (χ4n) is 1.14. The lowest BCUT2D eigenvalue weighted by molar-refractivity contribution is 0.577. The number of sulfonamides is 1. The molecule has 0 saturated heterocycles. The van der Waals surface area contributed by atoms with Crippen molar-refractivity contribution in [1.82, 2.24) is 19.7 Å². The number of nitrogens with one attached hydrogen (secondary N) is 2. The molecule has 2 heterocycles. The van der Waals surface area contributed by atoms with E-state index in [1.165, 1.54) is 12.5 Å². The van der Waals surface area contributed by atoms with Crippen molar-refractivity contribution in [3.05, 3.63) is 42.6 Å². The molecule has 2 rings (SSSR count). The SMILES string of the molecule is O=S(=O)(NCc1ccccn1)c1cnc[nH]1. The van der Waals surface area contributed by atoms with Crippen LogP contribution in [0.1, 0.15) is 5.69 Å². The van der Waals surface area contributed by atoms with E-state index in [1.807, 2.05) is 0 Å². The first-order valence-electron chi connectivity index (χ1n) is 4.56. The standard InChI is InChI=1S/C9H10N4O2S/c14-16(15,9-6-10-7-12-9)13-5-8-3-1-2-4-11-8/h1-4,6-7,13H,5H2,(H,10,12). The molecule has 0 radical (unpaired) electrons. The molecule has 0 aliphatic rings. The number of nitrogens with zero attached hydrogens (tertiary/aromatic N) is 2. The fraction of sp³-hybridized carbons (Fsp3) is 0.111. The van der Waals surface area contributed by atoms with Crippen LogP contribution in [0.2, 0.25) is 0 Å². The van der Waals surface area contributed by atoms with E-state index in [2.05, 4.69) is 19.7 Å². The first-order valence-corrected chi connectivity index (χ1v) is 6.05. The number of aromatic nitrogens is 3. The highest BCUT2D eigenvalue weighted by molar-refractivity contribution is 7.89. The molecule has 0 fully saturated rings. The number of hydrogen-bond donors (Lipinski definition) is 2. The number of imidazole rings is 1. The molecule has 6 nitrogen and oxygen atoms in total. The molecule has 2 N–H and O–H groups in total. The topological polar surface area (TPSA) is 87.7 Å². The van der Waals surface area contributed by atoms with Gasteiger partial charge in [0.1, 0.15) is 0 Å². The van der Waals surface area contributed by atoms with E-state index in [9.17, 15) is 8.42 Å². The van der Waals surface area contributed by atoms with Crippen LogP contribution in [0.4, 0.5) is 0 Å². The van der Waals surface area contributed by atoms with Crippen LogP contribution >= 0.6 is 0 Å². The van der Waals surface area contributed by atoms with Gasteiger partial charge in [-0.2, -0.15) is 0 Å². The van der Waals surface area contributed by atoms with Crippen molar-refractivity contribution in [3.8, 4) is 0 Å². The second-order valence-electron chi connectivity index (χ2n) is 3.06. The summed E-state index contributed by atoms with van der Waals surface area (Å²) in [4.78, 5) is 10.2. The summed E-state index contributed by atoms with van der Waals surface area (Å²) in [7, 11) is -3.52. The largest absolute Gasteiger partial charge is 0.335 e. The number of hydrogen-bond acceptors (Lipinski definition) is 4. The first kappa shape index (κ1) is 10.8. The summed E-state index contributed by atoms with van der Waals surface area (Å²) in [5, 5.41) is 0.0448. The quantitative estimate of drug-likeness (QED) is 0.801. The predicted octanol–water partition coefficient (Wildman–Crippen LogP) is 0.283. The normalized spacial score (nSPS) is 11.5. The van der Waals surface area contributed by atoms with Crippen LogP contribution < -0.4 is 4.72 Å². The molecule has 16 heavy (non-hydrogen) atoms. The Balaban J connectivity index is 2.07. The summed E-state index contributed by atoms with van der Waals surface area (Å²) in [6, 6.07) is 5.31. The fourth-order valence-corrected chi connectivity index (χ4v) is 2.04. The van der Waals surface area contributed by atoms with E-state index < -0.39 is 10.0 Å². The van der Waals surface area contributed by atoms with Crippen LogP contribution in [-0.2, 0) is 16.6 Å². The van der Waals surface area contributed by atoms with Crippen molar-refractivity contribution in [2.45, 2.75) is 11.6 Å². The molecule has 0 spiro atoms. The molecule has 0 unspecified atom stereocenters. The van der Waals surface area contributed by atoms with Gasteiger partial charge in [-0.25, -0.2) is 18.1 Å². The monoisotopic (exact) mass is 238 g/mol. The molecular weight excluding hydrogens is 228 g/mol. The average Bonchev–Trinajstić information content (AvgIpc) is 2.82. The Morgan fingerprint density at radius 1 is 1.38 bits per heavy atom. The van der Waals surface area contributed by atoms with Crippen molar-refractivity contribution in [2.75, 3.05) is 0 Å². The van der Waals surface area contributed by atoms with Gasteiger partial charge in [0.2, 0.25) is 0 Å². The van der Waals surface area contributed by atoms with E-state index in [0.717, 1.165) is 0 Å². The summed E-state index contributed by atoms with van der Waals surface area (Å²) in [6.07, 6.45) is 4.18. The summed E-state index contributed by atoms with van der Waals surface area (Å²) in [5.41, 5.74) is 0.658. The van der Waals surface area contributed by atoms with Crippen molar-refractivity contribution < 1.29 is 8.42 Å². The van der Waals surface area contributed by atoms with Gasteiger partial charge < -0.3 is 4.98 Å². The van der Waals surface area contributed by atoms with Gasteiger partial charge in [0, 0.05) is 6.20 Å². The van der Waals surface area contributed by atoms with Crippen LogP contribution in [0.25, 0.3) is 0 Å². The summed E-state index contributed by atoms with van der Waals surface area (Å²) in [6.45, 7) is 0.155. The van der Waals surface area contributed by atoms with Crippen LogP contribution in [0.3, 0.4) is 0 Å².